The van der Waals surface area contributed by atoms with Gasteiger partial charge in [0.15, 0.2) is 11.5 Å². The Bertz CT molecular complexity index is 566. The number of nitrogens with zero attached hydrogens (tertiary/aromatic N) is 1. The molecule has 2 aromatic rings. The normalized spacial score (nSPS) is 14.2. The first-order valence-corrected chi connectivity index (χ1v) is 6.45. The van der Waals surface area contributed by atoms with Crippen LogP contribution in [0.25, 0.3) is 11.4 Å². The second-order valence-electron chi connectivity index (χ2n) is 4.50. The molecular weight excluding hydrogens is 242 g/mol. The number of ether oxygens (including phenoxy) is 2. The Kier molecular flexibility index (Phi) is 3.37. The molecule has 0 unspecified atom stereocenters. The first-order chi connectivity index (χ1) is 9.36. The number of H-pyrrole nitrogens is 1. The van der Waals surface area contributed by atoms with Crippen LogP contribution in [0.2, 0.25) is 0 Å². The third-order valence-electron chi connectivity index (χ3n) is 3.02. The molecule has 0 amide bonds. The van der Waals surface area contributed by atoms with Crippen molar-refractivity contribution in [2.45, 2.75) is 13.0 Å². The highest BCUT2D eigenvalue weighted by molar-refractivity contribution is 5.61. The molecular formula is C14H17N3O2. The molecule has 0 saturated carbocycles. The zero-order chi connectivity index (χ0) is 13.1. The van der Waals surface area contributed by atoms with Gasteiger partial charge in [0.1, 0.15) is 5.82 Å². The molecule has 5 nitrogen and oxygen atoms in total. The van der Waals surface area contributed by atoms with Crippen molar-refractivity contribution in [3.05, 3.63) is 30.1 Å². The van der Waals surface area contributed by atoms with Gasteiger partial charge in [-0.05, 0) is 25.2 Å². The predicted molar refractivity (Wildman–Crippen MR) is 72.4 cm³/mol. The van der Waals surface area contributed by atoms with Gasteiger partial charge in [0.2, 0.25) is 0 Å². The van der Waals surface area contributed by atoms with Crippen molar-refractivity contribution in [2.75, 3.05) is 20.3 Å². The van der Waals surface area contributed by atoms with E-state index >= 15 is 0 Å². The highest BCUT2D eigenvalue weighted by Crippen LogP contribution is 2.33. The molecule has 1 aromatic carbocycles. The number of hydrogen-bond donors (Lipinski definition) is 2. The SMILES string of the molecule is CNCc1cnc(-c2ccc3c(c2)OCCCO3)[nH]1. The molecule has 2 heterocycles. The van der Waals surface area contributed by atoms with Crippen LogP contribution in [-0.2, 0) is 6.54 Å². The Balaban J connectivity index is 1.89. The van der Waals surface area contributed by atoms with Crippen LogP contribution in [0.15, 0.2) is 24.4 Å². The van der Waals surface area contributed by atoms with E-state index < -0.39 is 0 Å². The Hall–Kier alpha value is -2.01. The summed E-state index contributed by atoms with van der Waals surface area (Å²) in [6.07, 6.45) is 2.76. The van der Waals surface area contributed by atoms with E-state index in [1.54, 1.807) is 0 Å². The maximum absolute atomic E-state index is 5.69. The van der Waals surface area contributed by atoms with E-state index in [1.807, 2.05) is 31.4 Å². The van der Waals surface area contributed by atoms with Crippen LogP contribution < -0.4 is 14.8 Å². The van der Waals surface area contributed by atoms with Crippen LogP contribution in [0.4, 0.5) is 0 Å². The molecule has 1 aromatic heterocycles. The largest absolute Gasteiger partial charge is 0.490 e. The highest BCUT2D eigenvalue weighted by Gasteiger charge is 2.12. The van der Waals surface area contributed by atoms with E-state index in [9.17, 15) is 0 Å². The number of fused-ring (bicyclic) bond motifs is 1. The van der Waals surface area contributed by atoms with Gasteiger partial charge in [0.25, 0.3) is 0 Å². The number of rotatable bonds is 3. The smallest absolute Gasteiger partial charge is 0.161 e. The summed E-state index contributed by atoms with van der Waals surface area (Å²) in [5.41, 5.74) is 2.07. The van der Waals surface area contributed by atoms with Gasteiger partial charge in [0, 0.05) is 30.4 Å². The summed E-state index contributed by atoms with van der Waals surface area (Å²) in [4.78, 5) is 7.67. The van der Waals surface area contributed by atoms with E-state index in [1.165, 1.54) is 0 Å². The molecule has 0 bridgehead atoms. The maximum atomic E-state index is 5.69. The first-order valence-electron chi connectivity index (χ1n) is 6.45. The molecule has 2 N–H and O–H groups in total. The second kappa shape index (κ2) is 5.32. The van der Waals surface area contributed by atoms with Gasteiger partial charge >= 0.3 is 0 Å². The second-order valence-corrected chi connectivity index (χ2v) is 4.50. The van der Waals surface area contributed by atoms with Gasteiger partial charge in [-0.15, -0.1) is 0 Å². The monoisotopic (exact) mass is 259 g/mol. The zero-order valence-corrected chi connectivity index (χ0v) is 10.9. The Morgan fingerprint density at radius 3 is 2.95 bits per heavy atom. The fourth-order valence-electron chi connectivity index (χ4n) is 2.10. The van der Waals surface area contributed by atoms with Crippen LogP contribution in [0.5, 0.6) is 11.5 Å². The van der Waals surface area contributed by atoms with Crippen LogP contribution in [0, 0.1) is 0 Å². The third-order valence-corrected chi connectivity index (χ3v) is 3.02. The molecule has 100 valence electrons. The molecule has 0 fully saturated rings. The molecule has 3 rings (SSSR count). The number of imidazole rings is 1. The molecule has 1 aliphatic rings. The van der Waals surface area contributed by atoms with Gasteiger partial charge in [0.05, 0.1) is 13.2 Å². The van der Waals surface area contributed by atoms with Gasteiger partial charge < -0.3 is 19.8 Å². The van der Waals surface area contributed by atoms with Crippen molar-refractivity contribution in [1.29, 1.82) is 0 Å². The number of hydrogen-bond acceptors (Lipinski definition) is 4. The van der Waals surface area contributed by atoms with Gasteiger partial charge in [-0.2, -0.15) is 0 Å². The third kappa shape index (κ3) is 2.56. The van der Waals surface area contributed by atoms with E-state index in [2.05, 4.69) is 15.3 Å². The van der Waals surface area contributed by atoms with E-state index in [0.29, 0.717) is 13.2 Å². The molecule has 0 atom stereocenters. The number of nitrogens with one attached hydrogen (secondary N) is 2. The van der Waals surface area contributed by atoms with Crippen LogP contribution in [0.3, 0.4) is 0 Å². The summed E-state index contributed by atoms with van der Waals surface area (Å²) in [6, 6.07) is 5.91. The van der Waals surface area contributed by atoms with Crippen molar-refractivity contribution in [1.82, 2.24) is 15.3 Å². The molecule has 1 aliphatic heterocycles. The van der Waals surface area contributed by atoms with E-state index in [-0.39, 0.29) is 0 Å². The minimum atomic E-state index is 0.694. The lowest BCUT2D eigenvalue weighted by Crippen LogP contribution is -2.04. The Morgan fingerprint density at radius 2 is 2.11 bits per heavy atom. The van der Waals surface area contributed by atoms with Crippen molar-refractivity contribution >= 4 is 0 Å². The molecule has 0 saturated heterocycles. The molecule has 0 aliphatic carbocycles. The zero-order valence-electron chi connectivity index (χ0n) is 10.9. The van der Waals surface area contributed by atoms with Crippen LogP contribution >= 0.6 is 0 Å². The predicted octanol–water partition coefficient (Wildman–Crippen LogP) is 1.96. The van der Waals surface area contributed by atoms with Gasteiger partial charge in [-0.3, -0.25) is 0 Å². The number of aromatic amines is 1. The minimum absolute atomic E-state index is 0.694. The summed E-state index contributed by atoms with van der Waals surface area (Å²) in [6.45, 7) is 2.18. The quantitative estimate of drug-likeness (QED) is 0.884. The van der Waals surface area contributed by atoms with Crippen molar-refractivity contribution in [2.24, 2.45) is 0 Å². The summed E-state index contributed by atoms with van der Waals surface area (Å²) in [5, 5.41) is 3.09. The average Bonchev–Trinajstić information content (AvgIpc) is 2.76. The molecule has 0 spiro atoms. The van der Waals surface area contributed by atoms with Crippen molar-refractivity contribution in [3.63, 3.8) is 0 Å². The van der Waals surface area contributed by atoms with Gasteiger partial charge in [-0.25, -0.2) is 4.98 Å². The summed E-state index contributed by atoms with van der Waals surface area (Å²) < 4.78 is 11.3. The molecule has 5 heteroatoms. The number of benzene rings is 1. The molecule has 0 radical (unpaired) electrons. The fraction of sp³-hybridized carbons (Fsp3) is 0.357. The van der Waals surface area contributed by atoms with Gasteiger partial charge in [-0.1, -0.05) is 0 Å². The maximum Gasteiger partial charge on any atom is 0.161 e. The average molecular weight is 259 g/mol. The topological polar surface area (TPSA) is 59.2 Å². The molecule has 19 heavy (non-hydrogen) atoms. The fourth-order valence-corrected chi connectivity index (χ4v) is 2.10. The Morgan fingerprint density at radius 1 is 1.26 bits per heavy atom. The lowest BCUT2D eigenvalue weighted by molar-refractivity contribution is 0.297. The number of aromatic nitrogens is 2. The van der Waals surface area contributed by atoms with Crippen molar-refractivity contribution < 1.29 is 9.47 Å². The Labute approximate surface area is 112 Å². The standard InChI is InChI=1S/C14H17N3O2/c1-15-8-11-9-16-14(17-11)10-3-4-12-13(7-10)19-6-2-5-18-12/h3-4,7,9,15H,2,5-6,8H2,1H3,(H,16,17). The van der Waals surface area contributed by atoms with Crippen molar-refractivity contribution in [3.8, 4) is 22.9 Å². The first kappa shape index (κ1) is 12.0. The summed E-state index contributed by atoms with van der Waals surface area (Å²) in [5.74, 6) is 2.45. The van der Waals surface area contributed by atoms with E-state index in [0.717, 1.165) is 41.5 Å². The van der Waals surface area contributed by atoms with Crippen LogP contribution in [-0.4, -0.2) is 30.2 Å². The lowest BCUT2D eigenvalue weighted by Gasteiger charge is -2.08. The highest BCUT2D eigenvalue weighted by atomic mass is 16.5. The minimum Gasteiger partial charge on any atom is -0.490 e. The summed E-state index contributed by atoms with van der Waals surface area (Å²) in [7, 11) is 1.91. The van der Waals surface area contributed by atoms with Crippen LogP contribution in [0.1, 0.15) is 12.1 Å². The van der Waals surface area contributed by atoms with E-state index in [4.69, 9.17) is 9.47 Å². The summed E-state index contributed by atoms with van der Waals surface area (Å²) >= 11 is 0. The lowest BCUT2D eigenvalue weighted by atomic mass is 10.2.